The van der Waals surface area contributed by atoms with E-state index in [9.17, 15) is 0 Å². The fourth-order valence-corrected chi connectivity index (χ4v) is 3.78. The molecule has 2 aromatic rings. The number of rotatable bonds is 8. The van der Waals surface area contributed by atoms with Gasteiger partial charge in [-0.05, 0) is 53.5 Å². The summed E-state index contributed by atoms with van der Waals surface area (Å²) in [6, 6.07) is 16.1. The molecule has 0 nitrogen and oxygen atoms in total. The predicted octanol–water partition coefficient (Wildman–Crippen LogP) is 7.22. The first-order valence-electron chi connectivity index (χ1n) is 9.72. The SMILES string of the molecule is CCCCCCc1ccc(-c2cccc3c2C=C(CCC)C3)cc1. The maximum atomic E-state index is 2.44. The van der Waals surface area contributed by atoms with E-state index in [0.717, 1.165) is 6.42 Å². The minimum Gasteiger partial charge on any atom is -0.0654 e. The molecule has 0 bridgehead atoms. The molecule has 1 aliphatic carbocycles. The van der Waals surface area contributed by atoms with Crippen molar-refractivity contribution in [3.63, 3.8) is 0 Å². The Labute approximate surface area is 147 Å². The molecule has 0 N–H and O–H groups in total. The molecule has 0 saturated heterocycles. The standard InChI is InChI=1S/C24H30/c1-3-5-6-7-10-19-13-15-21(16-14-19)23-12-8-11-22-17-20(9-4-2)18-24(22)23/h8,11-16,18H,3-7,9-10,17H2,1-2H3. The smallest absolute Gasteiger partial charge is 0.00576 e. The molecule has 0 heteroatoms. The van der Waals surface area contributed by atoms with Crippen molar-refractivity contribution in [2.45, 2.75) is 65.2 Å². The lowest BCUT2D eigenvalue weighted by Crippen LogP contribution is -1.89. The van der Waals surface area contributed by atoms with Gasteiger partial charge >= 0.3 is 0 Å². The normalized spacial score (nSPS) is 13.0. The third-order valence-corrected chi connectivity index (χ3v) is 5.12. The van der Waals surface area contributed by atoms with Crippen molar-refractivity contribution >= 4 is 6.08 Å². The second kappa shape index (κ2) is 8.33. The molecule has 2 aromatic carbocycles. The van der Waals surface area contributed by atoms with Crippen LogP contribution in [0.5, 0.6) is 0 Å². The highest BCUT2D eigenvalue weighted by molar-refractivity contribution is 5.80. The van der Waals surface area contributed by atoms with Crippen molar-refractivity contribution in [2.24, 2.45) is 0 Å². The molecule has 126 valence electrons. The highest BCUT2D eigenvalue weighted by Crippen LogP contribution is 2.35. The molecule has 0 atom stereocenters. The molecule has 0 saturated carbocycles. The number of hydrogen-bond acceptors (Lipinski definition) is 0. The zero-order valence-electron chi connectivity index (χ0n) is 15.3. The molecular weight excluding hydrogens is 288 g/mol. The lowest BCUT2D eigenvalue weighted by molar-refractivity contribution is 0.667. The van der Waals surface area contributed by atoms with Crippen LogP contribution in [0, 0.1) is 0 Å². The van der Waals surface area contributed by atoms with Crippen LogP contribution in [0.2, 0.25) is 0 Å². The van der Waals surface area contributed by atoms with Crippen LogP contribution in [-0.2, 0) is 12.8 Å². The van der Waals surface area contributed by atoms with Gasteiger partial charge < -0.3 is 0 Å². The third-order valence-electron chi connectivity index (χ3n) is 5.12. The first-order valence-corrected chi connectivity index (χ1v) is 9.72. The Morgan fingerprint density at radius 2 is 1.62 bits per heavy atom. The molecule has 24 heavy (non-hydrogen) atoms. The van der Waals surface area contributed by atoms with E-state index in [4.69, 9.17) is 0 Å². The van der Waals surface area contributed by atoms with Gasteiger partial charge in [0.25, 0.3) is 0 Å². The lowest BCUT2D eigenvalue weighted by atomic mass is 9.95. The van der Waals surface area contributed by atoms with Crippen molar-refractivity contribution in [1.82, 2.24) is 0 Å². The summed E-state index contributed by atoms with van der Waals surface area (Å²) < 4.78 is 0. The van der Waals surface area contributed by atoms with Crippen LogP contribution in [-0.4, -0.2) is 0 Å². The maximum Gasteiger partial charge on any atom is -0.00576 e. The number of aryl methyl sites for hydroxylation is 1. The van der Waals surface area contributed by atoms with E-state index in [2.05, 4.69) is 62.4 Å². The van der Waals surface area contributed by atoms with E-state index in [1.54, 1.807) is 5.57 Å². The third kappa shape index (κ3) is 3.98. The summed E-state index contributed by atoms with van der Waals surface area (Å²) in [5.74, 6) is 0. The predicted molar refractivity (Wildman–Crippen MR) is 106 cm³/mol. The van der Waals surface area contributed by atoms with E-state index >= 15 is 0 Å². The van der Waals surface area contributed by atoms with Crippen LogP contribution < -0.4 is 0 Å². The molecule has 0 amide bonds. The molecule has 0 fully saturated rings. The first kappa shape index (κ1) is 17.0. The minimum absolute atomic E-state index is 1.15. The van der Waals surface area contributed by atoms with E-state index < -0.39 is 0 Å². The second-order valence-corrected chi connectivity index (χ2v) is 7.12. The Kier molecular flexibility index (Phi) is 5.91. The Morgan fingerprint density at radius 1 is 0.792 bits per heavy atom. The van der Waals surface area contributed by atoms with E-state index in [1.807, 2.05) is 0 Å². The fourth-order valence-electron chi connectivity index (χ4n) is 3.78. The van der Waals surface area contributed by atoms with Crippen molar-refractivity contribution in [3.05, 3.63) is 64.7 Å². The van der Waals surface area contributed by atoms with Gasteiger partial charge in [-0.1, -0.05) is 93.6 Å². The van der Waals surface area contributed by atoms with Crippen LogP contribution in [0.4, 0.5) is 0 Å². The van der Waals surface area contributed by atoms with Gasteiger partial charge in [-0.2, -0.15) is 0 Å². The maximum absolute atomic E-state index is 2.44. The fraction of sp³-hybridized carbons (Fsp3) is 0.417. The van der Waals surface area contributed by atoms with Gasteiger partial charge in [-0.15, -0.1) is 0 Å². The van der Waals surface area contributed by atoms with Crippen LogP contribution in [0.3, 0.4) is 0 Å². The average molecular weight is 319 g/mol. The zero-order valence-corrected chi connectivity index (χ0v) is 15.3. The summed E-state index contributed by atoms with van der Waals surface area (Å²) in [4.78, 5) is 0. The van der Waals surface area contributed by atoms with E-state index in [1.165, 1.54) is 72.8 Å². The highest BCUT2D eigenvalue weighted by Gasteiger charge is 2.15. The Hall–Kier alpha value is -1.82. The highest BCUT2D eigenvalue weighted by atomic mass is 14.2. The number of fused-ring (bicyclic) bond motifs is 1. The summed E-state index contributed by atoms with van der Waals surface area (Å²) >= 11 is 0. The van der Waals surface area contributed by atoms with E-state index in [-0.39, 0.29) is 0 Å². The van der Waals surface area contributed by atoms with Gasteiger partial charge in [-0.3, -0.25) is 0 Å². The van der Waals surface area contributed by atoms with Gasteiger partial charge in [0.05, 0.1) is 0 Å². The minimum atomic E-state index is 1.15. The molecule has 0 unspecified atom stereocenters. The molecule has 0 radical (unpaired) electrons. The van der Waals surface area contributed by atoms with Gasteiger partial charge in [0.1, 0.15) is 0 Å². The van der Waals surface area contributed by atoms with Gasteiger partial charge in [0.15, 0.2) is 0 Å². The summed E-state index contributed by atoms with van der Waals surface area (Å²) in [5, 5.41) is 0. The van der Waals surface area contributed by atoms with Crippen molar-refractivity contribution < 1.29 is 0 Å². The molecule has 3 rings (SSSR count). The van der Waals surface area contributed by atoms with Crippen molar-refractivity contribution in [2.75, 3.05) is 0 Å². The number of unbranched alkanes of at least 4 members (excludes halogenated alkanes) is 3. The van der Waals surface area contributed by atoms with Crippen LogP contribution in [0.15, 0.2) is 48.0 Å². The van der Waals surface area contributed by atoms with Crippen LogP contribution >= 0.6 is 0 Å². The quantitative estimate of drug-likeness (QED) is 0.451. The monoisotopic (exact) mass is 318 g/mol. The number of hydrogen-bond donors (Lipinski definition) is 0. The zero-order chi connectivity index (χ0) is 16.8. The van der Waals surface area contributed by atoms with Crippen molar-refractivity contribution in [1.29, 1.82) is 0 Å². The Bertz CT molecular complexity index is 688. The Morgan fingerprint density at radius 3 is 2.38 bits per heavy atom. The van der Waals surface area contributed by atoms with E-state index in [0.29, 0.717) is 0 Å². The number of allylic oxidation sites excluding steroid dienone is 1. The van der Waals surface area contributed by atoms with Gasteiger partial charge in [0, 0.05) is 0 Å². The average Bonchev–Trinajstić information content (AvgIpc) is 3.02. The molecule has 0 aliphatic heterocycles. The summed E-state index contributed by atoms with van der Waals surface area (Å²) in [6.45, 7) is 4.54. The lowest BCUT2D eigenvalue weighted by Gasteiger charge is -2.09. The van der Waals surface area contributed by atoms with Crippen molar-refractivity contribution in [3.8, 4) is 11.1 Å². The summed E-state index contributed by atoms with van der Waals surface area (Å²) in [5.41, 5.74) is 8.78. The van der Waals surface area contributed by atoms with Gasteiger partial charge in [-0.25, -0.2) is 0 Å². The molecule has 0 heterocycles. The van der Waals surface area contributed by atoms with Crippen LogP contribution in [0.25, 0.3) is 17.2 Å². The first-order chi connectivity index (χ1) is 11.8. The number of benzene rings is 2. The van der Waals surface area contributed by atoms with Crippen LogP contribution in [0.1, 0.15) is 69.1 Å². The molecular formula is C24H30. The molecule has 0 aromatic heterocycles. The topological polar surface area (TPSA) is 0 Å². The Balaban J connectivity index is 1.75. The molecule has 1 aliphatic rings. The summed E-state index contributed by atoms with van der Waals surface area (Å²) in [6.07, 6.45) is 12.6. The van der Waals surface area contributed by atoms with Gasteiger partial charge in [0.2, 0.25) is 0 Å². The summed E-state index contributed by atoms with van der Waals surface area (Å²) in [7, 11) is 0. The second-order valence-electron chi connectivity index (χ2n) is 7.12. The molecule has 0 spiro atoms. The largest absolute Gasteiger partial charge is 0.0654 e.